The van der Waals surface area contributed by atoms with Gasteiger partial charge < -0.3 is 24.6 Å². The van der Waals surface area contributed by atoms with Gasteiger partial charge >= 0.3 is 0 Å². The van der Waals surface area contributed by atoms with Crippen LogP contribution in [0.25, 0.3) is 28.5 Å². The van der Waals surface area contributed by atoms with Crippen LogP contribution < -0.4 is 11.1 Å². The molecule has 0 aliphatic carbocycles. The second-order valence-electron chi connectivity index (χ2n) is 7.43. The first kappa shape index (κ1) is 19.2. The van der Waals surface area contributed by atoms with Crippen LogP contribution in [-0.4, -0.2) is 49.5 Å². The minimum atomic E-state index is -0.388. The number of anilines is 1. The standard InChI is InChI=1S/C21H21N7O3/c1-12-9-24-15-5-4-13(10-28(12)15)16-17(21-23-6-8-31-21)27-19(22)18(26-16)20(29)25-14-3-2-7-30-11-14/h4-6,8-10,14H,2-3,7,11H2,1H3,(H2,22,27)(H,25,29)/t14-/m1/s1. The molecule has 4 aromatic rings. The number of oxazole rings is 1. The molecule has 0 unspecified atom stereocenters. The van der Waals surface area contributed by atoms with E-state index in [9.17, 15) is 4.79 Å². The summed E-state index contributed by atoms with van der Waals surface area (Å²) in [5, 5.41) is 2.94. The summed E-state index contributed by atoms with van der Waals surface area (Å²) >= 11 is 0. The molecule has 0 spiro atoms. The second kappa shape index (κ2) is 7.80. The largest absolute Gasteiger partial charge is 0.443 e. The van der Waals surface area contributed by atoms with Crippen LogP contribution in [0.3, 0.4) is 0 Å². The Morgan fingerprint density at radius 3 is 2.94 bits per heavy atom. The van der Waals surface area contributed by atoms with E-state index >= 15 is 0 Å². The zero-order chi connectivity index (χ0) is 21.4. The third-order valence-corrected chi connectivity index (χ3v) is 5.23. The molecule has 4 aromatic heterocycles. The highest BCUT2D eigenvalue weighted by molar-refractivity contribution is 5.98. The van der Waals surface area contributed by atoms with E-state index in [0.717, 1.165) is 29.7 Å². The Labute approximate surface area is 177 Å². The number of aromatic nitrogens is 5. The average molecular weight is 419 g/mol. The lowest BCUT2D eigenvalue weighted by atomic mass is 10.1. The number of carbonyl (C=O) groups is 1. The van der Waals surface area contributed by atoms with Crippen LogP contribution in [0.1, 0.15) is 29.0 Å². The van der Waals surface area contributed by atoms with Crippen molar-refractivity contribution < 1.29 is 13.9 Å². The lowest BCUT2D eigenvalue weighted by molar-refractivity contribution is 0.0622. The summed E-state index contributed by atoms with van der Waals surface area (Å²) in [4.78, 5) is 30.5. The highest BCUT2D eigenvalue weighted by Gasteiger charge is 2.24. The molecule has 31 heavy (non-hydrogen) atoms. The fraction of sp³-hybridized carbons (Fsp3) is 0.286. The van der Waals surface area contributed by atoms with Crippen molar-refractivity contribution in [1.29, 1.82) is 0 Å². The molecular weight excluding hydrogens is 398 g/mol. The molecule has 1 saturated heterocycles. The van der Waals surface area contributed by atoms with Crippen molar-refractivity contribution in [2.75, 3.05) is 18.9 Å². The van der Waals surface area contributed by atoms with E-state index < -0.39 is 0 Å². The topological polar surface area (TPSA) is 133 Å². The zero-order valence-corrected chi connectivity index (χ0v) is 16.9. The third kappa shape index (κ3) is 3.61. The number of aryl methyl sites for hydroxylation is 1. The van der Waals surface area contributed by atoms with Crippen LogP contribution in [0.2, 0.25) is 0 Å². The van der Waals surface area contributed by atoms with Gasteiger partial charge in [-0.25, -0.2) is 19.9 Å². The lowest BCUT2D eigenvalue weighted by Crippen LogP contribution is -2.41. The molecule has 5 rings (SSSR count). The number of fused-ring (bicyclic) bond motifs is 1. The Morgan fingerprint density at radius 2 is 2.16 bits per heavy atom. The molecule has 10 heteroatoms. The minimum absolute atomic E-state index is 0.00562. The lowest BCUT2D eigenvalue weighted by Gasteiger charge is -2.23. The monoisotopic (exact) mass is 419 g/mol. The number of carbonyl (C=O) groups excluding carboxylic acids is 1. The average Bonchev–Trinajstić information content (AvgIpc) is 3.44. The molecular formula is C21H21N7O3. The molecule has 1 aliphatic rings. The van der Waals surface area contributed by atoms with E-state index in [1.807, 2.05) is 29.7 Å². The first-order chi connectivity index (χ1) is 15.1. The summed E-state index contributed by atoms with van der Waals surface area (Å²) in [6.07, 6.45) is 8.38. The summed E-state index contributed by atoms with van der Waals surface area (Å²) in [7, 11) is 0. The second-order valence-corrected chi connectivity index (χ2v) is 7.43. The van der Waals surface area contributed by atoms with Gasteiger partial charge in [-0.05, 0) is 31.9 Å². The van der Waals surface area contributed by atoms with Crippen molar-refractivity contribution in [3.8, 4) is 22.8 Å². The number of pyridine rings is 1. The zero-order valence-electron chi connectivity index (χ0n) is 16.9. The first-order valence-corrected chi connectivity index (χ1v) is 10.00. The number of amides is 1. The number of nitrogen functional groups attached to an aromatic ring is 1. The van der Waals surface area contributed by atoms with E-state index in [1.165, 1.54) is 12.5 Å². The molecule has 0 saturated carbocycles. The van der Waals surface area contributed by atoms with Gasteiger partial charge in [0.1, 0.15) is 17.6 Å². The molecule has 5 heterocycles. The van der Waals surface area contributed by atoms with Gasteiger partial charge in [-0.3, -0.25) is 4.79 Å². The number of imidazole rings is 1. The van der Waals surface area contributed by atoms with Crippen molar-refractivity contribution in [3.63, 3.8) is 0 Å². The number of nitrogens with zero attached hydrogens (tertiary/aromatic N) is 5. The Hall–Kier alpha value is -3.79. The highest BCUT2D eigenvalue weighted by atomic mass is 16.5. The van der Waals surface area contributed by atoms with Crippen molar-refractivity contribution in [2.45, 2.75) is 25.8 Å². The van der Waals surface area contributed by atoms with Crippen LogP contribution in [-0.2, 0) is 4.74 Å². The van der Waals surface area contributed by atoms with Crippen LogP contribution in [0.5, 0.6) is 0 Å². The molecule has 0 radical (unpaired) electrons. The number of nitrogens with one attached hydrogen (secondary N) is 1. The maximum Gasteiger partial charge on any atom is 0.274 e. The summed E-state index contributed by atoms with van der Waals surface area (Å²) in [5.74, 6) is -0.115. The van der Waals surface area contributed by atoms with Crippen LogP contribution >= 0.6 is 0 Å². The molecule has 158 valence electrons. The van der Waals surface area contributed by atoms with E-state index in [1.54, 1.807) is 6.20 Å². The number of hydrogen-bond acceptors (Lipinski definition) is 8. The van der Waals surface area contributed by atoms with Gasteiger partial charge in [0, 0.05) is 30.3 Å². The van der Waals surface area contributed by atoms with Crippen molar-refractivity contribution in [3.05, 3.63) is 48.4 Å². The van der Waals surface area contributed by atoms with Crippen LogP contribution in [0.4, 0.5) is 5.82 Å². The number of ether oxygens (including phenoxy) is 1. The fourth-order valence-electron chi connectivity index (χ4n) is 3.66. The molecule has 0 bridgehead atoms. The first-order valence-electron chi connectivity index (χ1n) is 10.00. The smallest absolute Gasteiger partial charge is 0.274 e. The quantitative estimate of drug-likeness (QED) is 0.514. The van der Waals surface area contributed by atoms with E-state index in [4.69, 9.17) is 14.9 Å². The van der Waals surface area contributed by atoms with E-state index in [2.05, 4.69) is 25.3 Å². The summed E-state index contributed by atoms with van der Waals surface area (Å²) in [5.41, 5.74) is 9.48. The maximum absolute atomic E-state index is 12.9. The molecule has 1 aliphatic heterocycles. The van der Waals surface area contributed by atoms with E-state index in [0.29, 0.717) is 24.6 Å². The van der Waals surface area contributed by atoms with Crippen LogP contribution in [0, 0.1) is 6.92 Å². The van der Waals surface area contributed by atoms with Gasteiger partial charge in [0.25, 0.3) is 5.91 Å². The van der Waals surface area contributed by atoms with Gasteiger partial charge in [-0.15, -0.1) is 0 Å². The molecule has 3 N–H and O–H groups in total. The Kier molecular flexibility index (Phi) is 4.83. The minimum Gasteiger partial charge on any atom is -0.443 e. The number of hydrogen-bond donors (Lipinski definition) is 2. The van der Waals surface area contributed by atoms with Gasteiger partial charge in [-0.1, -0.05) is 0 Å². The van der Waals surface area contributed by atoms with Gasteiger partial charge in [0.2, 0.25) is 5.89 Å². The SMILES string of the molecule is Cc1cnc2ccc(-c3nc(C(=O)N[C@@H]4CCCOC4)c(N)nc3-c3ncco3)cn12. The van der Waals surface area contributed by atoms with Crippen molar-refractivity contribution in [1.82, 2.24) is 29.7 Å². The molecule has 10 nitrogen and oxygen atoms in total. The fourth-order valence-corrected chi connectivity index (χ4v) is 3.66. The van der Waals surface area contributed by atoms with Gasteiger partial charge in [0.15, 0.2) is 17.2 Å². The highest BCUT2D eigenvalue weighted by Crippen LogP contribution is 2.30. The molecule has 0 aromatic carbocycles. The Morgan fingerprint density at radius 1 is 1.26 bits per heavy atom. The number of nitrogens with two attached hydrogens (primary N) is 1. The normalized spacial score (nSPS) is 16.5. The van der Waals surface area contributed by atoms with Crippen molar-refractivity contribution >= 4 is 17.4 Å². The van der Waals surface area contributed by atoms with Crippen molar-refractivity contribution in [2.24, 2.45) is 0 Å². The van der Waals surface area contributed by atoms with Crippen LogP contribution in [0.15, 0.2) is 41.4 Å². The molecule has 1 atom stereocenters. The van der Waals surface area contributed by atoms with E-state index in [-0.39, 0.29) is 29.4 Å². The van der Waals surface area contributed by atoms with Gasteiger partial charge in [-0.2, -0.15) is 0 Å². The predicted molar refractivity (Wildman–Crippen MR) is 112 cm³/mol. The van der Waals surface area contributed by atoms with Gasteiger partial charge in [0.05, 0.1) is 18.8 Å². The summed E-state index contributed by atoms with van der Waals surface area (Å²) in [6.45, 7) is 3.13. The maximum atomic E-state index is 12.9. The predicted octanol–water partition coefficient (Wildman–Crippen LogP) is 2.25. The number of rotatable bonds is 4. The third-order valence-electron chi connectivity index (χ3n) is 5.23. The summed E-state index contributed by atoms with van der Waals surface area (Å²) < 4.78 is 12.8. The Bertz CT molecular complexity index is 1240. The molecule has 1 amide bonds. The Balaban J connectivity index is 1.60. The summed E-state index contributed by atoms with van der Waals surface area (Å²) in [6, 6.07) is 3.66. The molecule has 1 fully saturated rings.